The van der Waals surface area contributed by atoms with E-state index in [4.69, 9.17) is 5.73 Å². The third-order valence-electron chi connectivity index (χ3n) is 4.78. The maximum atomic E-state index is 6.73. The highest BCUT2D eigenvalue weighted by Crippen LogP contribution is 2.58. The second-order valence-corrected chi connectivity index (χ2v) is 5.66. The van der Waals surface area contributed by atoms with Crippen LogP contribution in [0.3, 0.4) is 0 Å². The molecule has 0 atom stereocenters. The van der Waals surface area contributed by atoms with E-state index in [1.54, 1.807) is 0 Å². The van der Waals surface area contributed by atoms with Gasteiger partial charge in [-0.05, 0) is 31.2 Å². The summed E-state index contributed by atoms with van der Waals surface area (Å²) in [5.74, 6) is 0. The molecule has 86 valence electrons. The van der Waals surface area contributed by atoms with Gasteiger partial charge in [0.2, 0.25) is 0 Å². The molecular formula is C15H21N. The summed E-state index contributed by atoms with van der Waals surface area (Å²) in [4.78, 5) is 0. The van der Waals surface area contributed by atoms with E-state index in [1.807, 2.05) is 0 Å². The Balaban J connectivity index is 1.93. The van der Waals surface area contributed by atoms with Crippen molar-refractivity contribution in [3.05, 3.63) is 35.9 Å². The van der Waals surface area contributed by atoms with Crippen LogP contribution in [0, 0.1) is 0 Å². The van der Waals surface area contributed by atoms with Gasteiger partial charge < -0.3 is 5.73 Å². The highest BCUT2D eigenvalue weighted by molar-refractivity contribution is 5.37. The SMILES string of the molecule is NC1(C2(c3ccccc3)CC2)CCCCC1. The summed E-state index contributed by atoms with van der Waals surface area (Å²) in [6.45, 7) is 0. The summed E-state index contributed by atoms with van der Waals surface area (Å²) in [6, 6.07) is 11.0. The van der Waals surface area contributed by atoms with Crippen molar-refractivity contribution in [1.82, 2.24) is 0 Å². The van der Waals surface area contributed by atoms with E-state index in [2.05, 4.69) is 30.3 Å². The molecule has 2 fully saturated rings. The normalized spacial score (nSPS) is 26.3. The molecule has 0 bridgehead atoms. The molecule has 2 saturated carbocycles. The Morgan fingerprint density at radius 3 is 2.00 bits per heavy atom. The van der Waals surface area contributed by atoms with E-state index in [0.29, 0.717) is 5.41 Å². The van der Waals surface area contributed by atoms with E-state index in [0.717, 1.165) is 0 Å². The number of hydrogen-bond acceptors (Lipinski definition) is 1. The molecule has 1 nitrogen and oxygen atoms in total. The van der Waals surface area contributed by atoms with Gasteiger partial charge in [0.1, 0.15) is 0 Å². The predicted molar refractivity (Wildman–Crippen MR) is 67.4 cm³/mol. The first-order chi connectivity index (χ1) is 7.77. The van der Waals surface area contributed by atoms with Crippen LogP contribution in [0.2, 0.25) is 0 Å². The summed E-state index contributed by atoms with van der Waals surface area (Å²) in [5.41, 5.74) is 8.63. The lowest BCUT2D eigenvalue weighted by atomic mass is 9.68. The second-order valence-electron chi connectivity index (χ2n) is 5.66. The lowest BCUT2D eigenvalue weighted by molar-refractivity contribution is 0.231. The van der Waals surface area contributed by atoms with Crippen molar-refractivity contribution >= 4 is 0 Å². The Hall–Kier alpha value is -0.820. The molecule has 2 N–H and O–H groups in total. The van der Waals surface area contributed by atoms with Gasteiger partial charge in [0.25, 0.3) is 0 Å². The molecule has 0 amide bonds. The van der Waals surface area contributed by atoms with Gasteiger partial charge in [-0.25, -0.2) is 0 Å². The topological polar surface area (TPSA) is 26.0 Å². The van der Waals surface area contributed by atoms with E-state index in [1.165, 1.54) is 50.5 Å². The van der Waals surface area contributed by atoms with Crippen molar-refractivity contribution in [2.45, 2.75) is 55.9 Å². The molecule has 1 heteroatoms. The highest BCUT2D eigenvalue weighted by Gasteiger charge is 2.57. The Kier molecular flexibility index (Phi) is 2.32. The molecule has 0 saturated heterocycles. The minimum atomic E-state index is 0.0899. The zero-order valence-electron chi connectivity index (χ0n) is 9.91. The molecule has 2 aliphatic carbocycles. The first kappa shape index (κ1) is 10.3. The average molecular weight is 215 g/mol. The van der Waals surface area contributed by atoms with Gasteiger partial charge in [-0.15, -0.1) is 0 Å². The standard InChI is InChI=1S/C15H21N/c16-15(9-5-2-6-10-15)14(11-12-14)13-7-3-1-4-8-13/h1,3-4,7-8H,2,5-6,9-12,16H2. The van der Waals surface area contributed by atoms with Gasteiger partial charge in [0, 0.05) is 11.0 Å². The maximum Gasteiger partial charge on any atom is 0.0252 e. The molecule has 16 heavy (non-hydrogen) atoms. The van der Waals surface area contributed by atoms with Crippen molar-refractivity contribution in [3.63, 3.8) is 0 Å². The Bertz CT molecular complexity index is 358. The molecular weight excluding hydrogens is 194 g/mol. The third-order valence-corrected chi connectivity index (χ3v) is 4.78. The molecule has 0 spiro atoms. The van der Waals surface area contributed by atoms with Crippen LogP contribution in [-0.2, 0) is 5.41 Å². The van der Waals surface area contributed by atoms with Gasteiger partial charge >= 0.3 is 0 Å². The van der Waals surface area contributed by atoms with Crippen molar-refractivity contribution < 1.29 is 0 Å². The van der Waals surface area contributed by atoms with Crippen LogP contribution in [0.15, 0.2) is 30.3 Å². The van der Waals surface area contributed by atoms with E-state index >= 15 is 0 Å². The fraction of sp³-hybridized carbons (Fsp3) is 0.600. The van der Waals surface area contributed by atoms with Crippen molar-refractivity contribution in [1.29, 1.82) is 0 Å². The average Bonchev–Trinajstić information content (AvgIpc) is 3.13. The van der Waals surface area contributed by atoms with Crippen LogP contribution < -0.4 is 5.73 Å². The maximum absolute atomic E-state index is 6.73. The summed E-state index contributed by atoms with van der Waals surface area (Å²) in [6.07, 6.45) is 9.07. The number of benzene rings is 1. The molecule has 0 aromatic heterocycles. The van der Waals surface area contributed by atoms with Gasteiger partial charge in [-0.1, -0.05) is 49.6 Å². The molecule has 0 aliphatic heterocycles. The number of rotatable bonds is 2. The summed E-state index contributed by atoms with van der Waals surface area (Å²) < 4.78 is 0. The summed E-state index contributed by atoms with van der Waals surface area (Å²) in [7, 11) is 0. The van der Waals surface area contributed by atoms with Crippen LogP contribution in [-0.4, -0.2) is 5.54 Å². The molecule has 0 heterocycles. The van der Waals surface area contributed by atoms with Crippen LogP contribution >= 0.6 is 0 Å². The first-order valence-electron chi connectivity index (χ1n) is 6.61. The fourth-order valence-corrected chi connectivity index (χ4v) is 3.62. The van der Waals surface area contributed by atoms with Gasteiger partial charge in [-0.2, -0.15) is 0 Å². The van der Waals surface area contributed by atoms with Crippen molar-refractivity contribution in [3.8, 4) is 0 Å². The fourth-order valence-electron chi connectivity index (χ4n) is 3.62. The van der Waals surface area contributed by atoms with Crippen LogP contribution in [0.1, 0.15) is 50.5 Å². The van der Waals surface area contributed by atoms with E-state index < -0.39 is 0 Å². The van der Waals surface area contributed by atoms with Crippen LogP contribution in [0.5, 0.6) is 0 Å². The van der Waals surface area contributed by atoms with Gasteiger partial charge in [0.15, 0.2) is 0 Å². The predicted octanol–water partition coefficient (Wildman–Crippen LogP) is 3.38. The minimum absolute atomic E-state index is 0.0899. The summed E-state index contributed by atoms with van der Waals surface area (Å²) in [5, 5.41) is 0. The lowest BCUT2D eigenvalue weighted by Gasteiger charge is -2.41. The highest BCUT2D eigenvalue weighted by atomic mass is 14.8. The summed E-state index contributed by atoms with van der Waals surface area (Å²) >= 11 is 0. The Morgan fingerprint density at radius 1 is 0.812 bits per heavy atom. The zero-order chi connectivity index (χ0) is 11.1. The van der Waals surface area contributed by atoms with Crippen LogP contribution in [0.25, 0.3) is 0 Å². The van der Waals surface area contributed by atoms with E-state index in [9.17, 15) is 0 Å². The molecule has 1 aromatic carbocycles. The van der Waals surface area contributed by atoms with Crippen LogP contribution in [0.4, 0.5) is 0 Å². The van der Waals surface area contributed by atoms with Crippen molar-refractivity contribution in [2.24, 2.45) is 5.73 Å². The monoisotopic (exact) mass is 215 g/mol. The lowest BCUT2D eigenvalue weighted by Crippen LogP contribution is -2.52. The first-order valence-corrected chi connectivity index (χ1v) is 6.61. The van der Waals surface area contributed by atoms with Gasteiger partial charge in [-0.3, -0.25) is 0 Å². The number of hydrogen-bond donors (Lipinski definition) is 1. The second kappa shape index (κ2) is 3.59. The minimum Gasteiger partial charge on any atom is -0.324 e. The number of nitrogens with two attached hydrogens (primary N) is 1. The molecule has 3 rings (SSSR count). The zero-order valence-corrected chi connectivity index (χ0v) is 9.91. The molecule has 0 radical (unpaired) electrons. The quantitative estimate of drug-likeness (QED) is 0.804. The molecule has 0 unspecified atom stereocenters. The van der Waals surface area contributed by atoms with Crippen molar-refractivity contribution in [2.75, 3.05) is 0 Å². The largest absolute Gasteiger partial charge is 0.324 e. The van der Waals surface area contributed by atoms with Gasteiger partial charge in [0.05, 0.1) is 0 Å². The Morgan fingerprint density at radius 2 is 1.44 bits per heavy atom. The molecule has 1 aromatic rings. The Labute approximate surface area is 98.0 Å². The third kappa shape index (κ3) is 1.41. The molecule has 2 aliphatic rings. The smallest absolute Gasteiger partial charge is 0.0252 e. The van der Waals surface area contributed by atoms with E-state index in [-0.39, 0.29) is 5.54 Å².